The van der Waals surface area contributed by atoms with Gasteiger partial charge in [0.05, 0.1) is 31.0 Å². The Morgan fingerprint density at radius 1 is 1.19 bits per heavy atom. The third-order valence-electron chi connectivity index (χ3n) is 4.77. The molecule has 1 N–H and O–H groups in total. The summed E-state index contributed by atoms with van der Waals surface area (Å²) < 4.78 is 1.92. The summed E-state index contributed by atoms with van der Waals surface area (Å²) in [5.74, 6) is 0.332. The molecule has 3 amide bonds. The maximum absolute atomic E-state index is 12.4. The molecule has 0 bridgehead atoms. The molecule has 0 saturated heterocycles. The average Bonchev–Trinajstić information content (AvgIpc) is 3.07. The lowest BCUT2D eigenvalue weighted by Crippen LogP contribution is -2.43. The number of amides is 3. The van der Waals surface area contributed by atoms with Gasteiger partial charge in [0, 0.05) is 26.2 Å². The molecule has 7 nitrogen and oxygen atoms in total. The quantitative estimate of drug-likeness (QED) is 0.900. The van der Waals surface area contributed by atoms with E-state index in [1.165, 1.54) is 5.56 Å². The summed E-state index contributed by atoms with van der Waals surface area (Å²) in [4.78, 5) is 27.9. The molecule has 1 aliphatic rings. The van der Waals surface area contributed by atoms with Gasteiger partial charge in [0.25, 0.3) is 5.91 Å². The van der Waals surface area contributed by atoms with Gasteiger partial charge in [-0.05, 0) is 29.7 Å². The number of nitrogens with zero attached hydrogens (tertiary/aromatic N) is 4. The zero-order valence-electron chi connectivity index (χ0n) is 16.4. The van der Waals surface area contributed by atoms with Gasteiger partial charge in [-0.1, -0.05) is 26.0 Å². The number of benzene rings is 1. The lowest BCUT2D eigenvalue weighted by atomic mass is 10.0. The first-order chi connectivity index (χ1) is 12.8. The molecule has 27 heavy (non-hydrogen) atoms. The van der Waals surface area contributed by atoms with Gasteiger partial charge in [-0.3, -0.25) is 9.48 Å². The maximum atomic E-state index is 12.4. The van der Waals surface area contributed by atoms with Crippen LogP contribution in [0.2, 0.25) is 0 Å². The van der Waals surface area contributed by atoms with Gasteiger partial charge in [0.1, 0.15) is 0 Å². The number of hydrogen-bond donors (Lipinski definition) is 1. The number of rotatable bonds is 4. The number of hydrogen-bond acceptors (Lipinski definition) is 3. The topological polar surface area (TPSA) is 70.5 Å². The number of aromatic nitrogens is 2. The van der Waals surface area contributed by atoms with Crippen LogP contribution in [0, 0.1) is 0 Å². The van der Waals surface area contributed by atoms with E-state index in [0.717, 1.165) is 11.4 Å². The van der Waals surface area contributed by atoms with E-state index >= 15 is 0 Å². The molecule has 3 rings (SSSR count). The fraction of sp³-hybridized carbons (Fsp3) is 0.450. The SMILES string of the molecule is CC(C)c1ccc(C(=O)NCc2cc3n(n2)CCN(C(=O)N(C)C)C3)cc1. The van der Waals surface area contributed by atoms with E-state index in [9.17, 15) is 9.59 Å². The number of nitrogens with one attached hydrogen (secondary N) is 1. The third kappa shape index (κ3) is 4.30. The molecular weight excluding hydrogens is 342 g/mol. The van der Waals surface area contributed by atoms with Crippen LogP contribution in [0.1, 0.15) is 47.1 Å². The van der Waals surface area contributed by atoms with Gasteiger partial charge in [0.2, 0.25) is 0 Å². The third-order valence-corrected chi connectivity index (χ3v) is 4.77. The molecule has 144 valence electrons. The lowest BCUT2D eigenvalue weighted by molar-refractivity contribution is 0.0950. The minimum Gasteiger partial charge on any atom is -0.346 e. The Balaban J connectivity index is 1.60. The van der Waals surface area contributed by atoms with E-state index in [2.05, 4.69) is 24.3 Å². The van der Waals surface area contributed by atoms with Crippen molar-refractivity contribution >= 4 is 11.9 Å². The Morgan fingerprint density at radius 2 is 1.89 bits per heavy atom. The van der Waals surface area contributed by atoms with Crippen LogP contribution >= 0.6 is 0 Å². The van der Waals surface area contributed by atoms with E-state index in [1.807, 2.05) is 35.0 Å². The highest BCUT2D eigenvalue weighted by Crippen LogP contribution is 2.16. The molecule has 7 heteroatoms. The summed E-state index contributed by atoms with van der Waals surface area (Å²) in [6, 6.07) is 9.65. The predicted molar refractivity (Wildman–Crippen MR) is 103 cm³/mol. The molecule has 0 aliphatic carbocycles. The number of carbonyl (C=O) groups is 2. The van der Waals surface area contributed by atoms with E-state index in [4.69, 9.17) is 0 Å². The minimum atomic E-state index is -0.110. The fourth-order valence-electron chi connectivity index (χ4n) is 3.15. The Kier molecular flexibility index (Phi) is 5.48. The van der Waals surface area contributed by atoms with Gasteiger partial charge < -0.3 is 15.1 Å². The Morgan fingerprint density at radius 3 is 2.52 bits per heavy atom. The van der Waals surface area contributed by atoms with Gasteiger partial charge >= 0.3 is 6.03 Å². The fourth-order valence-corrected chi connectivity index (χ4v) is 3.15. The molecule has 0 saturated carbocycles. The first kappa shape index (κ1) is 18.9. The monoisotopic (exact) mass is 369 g/mol. The number of urea groups is 1. The molecule has 1 aromatic heterocycles. The van der Waals surface area contributed by atoms with Crippen molar-refractivity contribution in [1.29, 1.82) is 0 Å². The van der Waals surface area contributed by atoms with E-state index in [1.54, 1.807) is 23.9 Å². The van der Waals surface area contributed by atoms with E-state index < -0.39 is 0 Å². The molecular formula is C20H27N5O2. The van der Waals surface area contributed by atoms with Crippen molar-refractivity contribution in [3.8, 4) is 0 Å². The van der Waals surface area contributed by atoms with Gasteiger partial charge in [-0.2, -0.15) is 5.10 Å². The summed E-state index contributed by atoms with van der Waals surface area (Å²) in [7, 11) is 3.51. The summed E-state index contributed by atoms with van der Waals surface area (Å²) >= 11 is 0. The van der Waals surface area contributed by atoms with Crippen molar-refractivity contribution in [2.24, 2.45) is 0 Å². The minimum absolute atomic E-state index is 0.00199. The first-order valence-corrected chi connectivity index (χ1v) is 9.25. The van der Waals surface area contributed by atoms with Crippen molar-refractivity contribution in [2.45, 2.75) is 39.4 Å². The highest BCUT2D eigenvalue weighted by molar-refractivity contribution is 5.94. The van der Waals surface area contributed by atoms with Crippen LogP contribution in [-0.2, 0) is 19.6 Å². The Hall–Kier alpha value is -2.83. The van der Waals surface area contributed by atoms with E-state index in [-0.39, 0.29) is 11.9 Å². The number of fused-ring (bicyclic) bond motifs is 1. The van der Waals surface area contributed by atoms with Crippen LogP contribution in [0.15, 0.2) is 30.3 Å². The summed E-state index contributed by atoms with van der Waals surface area (Å²) in [6.45, 7) is 6.46. The second-order valence-electron chi connectivity index (χ2n) is 7.41. The van der Waals surface area contributed by atoms with Crippen molar-refractivity contribution < 1.29 is 9.59 Å². The van der Waals surface area contributed by atoms with Crippen LogP contribution < -0.4 is 5.32 Å². The molecule has 2 heterocycles. The molecule has 2 aromatic rings. The summed E-state index contributed by atoms with van der Waals surface area (Å²) in [5.41, 5.74) is 3.65. The second-order valence-corrected chi connectivity index (χ2v) is 7.41. The largest absolute Gasteiger partial charge is 0.346 e. The van der Waals surface area contributed by atoms with Crippen molar-refractivity contribution in [2.75, 3.05) is 20.6 Å². The van der Waals surface area contributed by atoms with Crippen molar-refractivity contribution in [3.05, 3.63) is 52.8 Å². The zero-order valence-corrected chi connectivity index (χ0v) is 16.4. The van der Waals surface area contributed by atoms with Crippen LogP contribution in [0.3, 0.4) is 0 Å². The van der Waals surface area contributed by atoms with Gasteiger partial charge in [-0.25, -0.2) is 4.79 Å². The second kappa shape index (κ2) is 7.82. The van der Waals surface area contributed by atoms with Crippen LogP contribution in [-0.4, -0.2) is 52.2 Å². The molecule has 0 spiro atoms. The van der Waals surface area contributed by atoms with Gasteiger partial charge in [0.15, 0.2) is 0 Å². The van der Waals surface area contributed by atoms with Gasteiger partial charge in [-0.15, -0.1) is 0 Å². The number of carbonyl (C=O) groups excluding carboxylic acids is 2. The molecule has 0 atom stereocenters. The first-order valence-electron chi connectivity index (χ1n) is 9.25. The Bertz CT molecular complexity index is 823. The van der Waals surface area contributed by atoms with Crippen molar-refractivity contribution in [3.63, 3.8) is 0 Å². The molecule has 1 aromatic carbocycles. The molecule has 0 radical (unpaired) electrons. The van der Waals surface area contributed by atoms with Crippen molar-refractivity contribution in [1.82, 2.24) is 24.9 Å². The molecule has 0 fully saturated rings. The zero-order chi connectivity index (χ0) is 19.6. The summed E-state index contributed by atoms with van der Waals surface area (Å²) in [6.07, 6.45) is 0. The normalized spacial score (nSPS) is 13.4. The van der Waals surface area contributed by atoms with Crippen LogP contribution in [0.25, 0.3) is 0 Å². The standard InChI is InChI=1S/C20H27N5O2/c1-14(2)15-5-7-16(8-6-15)19(26)21-12-17-11-18-13-24(20(27)23(3)4)9-10-25(18)22-17/h5-8,11,14H,9-10,12-13H2,1-4H3,(H,21,26). The predicted octanol–water partition coefficient (Wildman–Crippen LogP) is 2.43. The van der Waals surface area contributed by atoms with E-state index in [0.29, 0.717) is 37.7 Å². The molecule has 0 unspecified atom stereocenters. The van der Waals surface area contributed by atoms with Crippen LogP contribution in [0.4, 0.5) is 4.79 Å². The molecule has 1 aliphatic heterocycles. The highest BCUT2D eigenvalue weighted by Gasteiger charge is 2.23. The smallest absolute Gasteiger partial charge is 0.319 e. The Labute approximate surface area is 159 Å². The average molecular weight is 369 g/mol. The summed E-state index contributed by atoms with van der Waals surface area (Å²) in [5, 5.41) is 7.46. The van der Waals surface area contributed by atoms with Crippen LogP contribution in [0.5, 0.6) is 0 Å². The lowest BCUT2D eigenvalue weighted by Gasteiger charge is -2.29. The highest BCUT2D eigenvalue weighted by atomic mass is 16.2. The maximum Gasteiger partial charge on any atom is 0.319 e.